The molecule has 0 unspecified atom stereocenters. The van der Waals surface area contributed by atoms with Gasteiger partial charge in [-0.2, -0.15) is 4.99 Å². The van der Waals surface area contributed by atoms with Crippen LogP contribution in [-0.2, 0) is 19.1 Å². The molecule has 0 spiro atoms. The highest BCUT2D eigenvalue weighted by Gasteiger charge is 2.35. The lowest BCUT2D eigenvalue weighted by Crippen LogP contribution is -2.42. The maximum absolute atomic E-state index is 14.2. The molecule has 0 saturated heterocycles. The third-order valence-electron chi connectivity index (χ3n) is 8.30. The number of aliphatic imine (C=N–C) groups is 1. The van der Waals surface area contributed by atoms with Gasteiger partial charge >= 0.3 is 5.97 Å². The van der Waals surface area contributed by atoms with Crippen molar-refractivity contribution < 1.29 is 23.9 Å². The van der Waals surface area contributed by atoms with Gasteiger partial charge in [0.1, 0.15) is 5.57 Å². The largest absolute Gasteiger partial charge is 0.462 e. The number of allylic oxidation sites excluding steroid dienone is 4. The number of amidine groups is 1. The van der Waals surface area contributed by atoms with E-state index in [2.05, 4.69) is 16.9 Å². The first-order valence-corrected chi connectivity index (χ1v) is 17.8. The smallest absolute Gasteiger partial charge is 0.338 e. The highest BCUT2D eigenvalue weighted by molar-refractivity contribution is 8.14. The van der Waals surface area contributed by atoms with E-state index in [4.69, 9.17) is 4.74 Å². The Hall–Kier alpha value is -6.00. The fraction of sp³-hybridized carbons (Fsp3) is 0.167. The normalized spacial score (nSPS) is 14.2. The molecular formula is C42H40N4O5S. The van der Waals surface area contributed by atoms with Crippen LogP contribution in [0.5, 0.6) is 0 Å². The minimum Gasteiger partial charge on any atom is -0.462 e. The first-order chi connectivity index (χ1) is 25.2. The van der Waals surface area contributed by atoms with Gasteiger partial charge in [-0.15, -0.1) is 0 Å². The zero-order chi connectivity index (χ0) is 37.2. The van der Waals surface area contributed by atoms with Gasteiger partial charge in [0, 0.05) is 22.8 Å². The predicted molar refractivity (Wildman–Crippen MR) is 207 cm³/mol. The van der Waals surface area contributed by atoms with E-state index in [0.29, 0.717) is 16.8 Å². The Bertz CT molecular complexity index is 2070. The van der Waals surface area contributed by atoms with E-state index in [-0.39, 0.29) is 29.0 Å². The standard InChI is InChI=1S/C42H40N4O5S/c1-6-9-22-34(7-2)46-40(49)36(26-33-24-28(4)45(29(33)5)35-23-16-21-32(25-35)41(50)51-8-3)39(48)44-42(46)52-27-37(47)43-38(30-17-12-10-13-18-30)31-19-14-11-15-20-31/h6-7,9-26,38H,1,8,27H2,2-5H3,(H,43,47)/b22-9-,34-7+,36-26+. The molecule has 3 amide bonds. The first-order valence-electron chi connectivity index (χ1n) is 16.8. The lowest BCUT2D eigenvalue weighted by molar-refractivity contribution is -0.126. The average molecular weight is 713 g/mol. The number of amides is 3. The lowest BCUT2D eigenvalue weighted by atomic mass is 9.99. The molecule has 5 rings (SSSR count). The highest BCUT2D eigenvalue weighted by atomic mass is 32.2. The van der Waals surface area contributed by atoms with Crippen LogP contribution < -0.4 is 5.32 Å². The Morgan fingerprint density at radius 3 is 2.25 bits per heavy atom. The maximum Gasteiger partial charge on any atom is 0.338 e. The molecule has 264 valence electrons. The molecule has 0 bridgehead atoms. The van der Waals surface area contributed by atoms with Crippen molar-refractivity contribution in [1.29, 1.82) is 0 Å². The number of esters is 1. The van der Waals surface area contributed by atoms with Gasteiger partial charge in [-0.3, -0.25) is 19.3 Å². The summed E-state index contributed by atoms with van der Waals surface area (Å²) in [4.78, 5) is 59.4. The van der Waals surface area contributed by atoms with E-state index in [0.717, 1.165) is 40.0 Å². The third-order valence-corrected chi connectivity index (χ3v) is 9.24. The summed E-state index contributed by atoms with van der Waals surface area (Å²) in [5.41, 5.74) is 5.53. The molecule has 0 saturated carbocycles. The van der Waals surface area contributed by atoms with Crippen LogP contribution >= 0.6 is 11.8 Å². The molecule has 9 nitrogen and oxygen atoms in total. The molecule has 52 heavy (non-hydrogen) atoms. The second-order valence-corrected chi connectivity index (χ2v) is 12.7. The number of nitrogens with zero attached hydrogens (tertiary/aromatic N) is 3. The van der Waals surface area contributed by atoms with Crippen molar-refractivity contribution >= 4 is 46.7 Å². The molecule has 2 heterocycles. The van der Waals surface area contributed by atoms with Gasteiger partial charge in [0.25, 0.3) is 11.8 Å². The Morgan fingerprint density at radius 1 is 0.962 bits per heavy atom. The molecule has 1 aliphatic heterocycles. The number of rotatable bonds is 12. The summed E-state index contributed by atoms with van der Waals surface area (Å²) < 4.78 is 7.12. The van der Waals surface area contributed by atoms with Crippen LogP contribution in [-0.4, -0.2) is 50.7 Å². The summed E-state index contributed by atoms with van der Waals surface area (Å²) in [6, 6.07) is 27.8. The minimum atomic E-state index is -0.715. The number of ether oxygens (including phenoxy) is 1. The van der Waals surface area contributed by atoms with E-state index >= 15 is 0 Å². The van der Waals surface area contributed by atoms with Gasteiger partial charge in [0.15, 0.2) is 5.17 Å². The van der Waals surface area contributed by atoms with Crippen LogP contribution in [0.25, 0.3) is 11.8 Å². The van der Waals surface area contributed by atoms with E-state index in [1.807, 2.05) is 91.2 Å². The Balaban J connectivity index is 1.45. The van der Waals surface area contributed by atoms with Crippen molar-refractivity contribution in [2.45, 2.75) is 33.7 Å². The number of nitrogens with one attached hydrogen (secondary N) is 1. The van der Waals surface area contributed by atoms with E-state index < -0.39 is 23.8 Å². The van der Waals surface area contributed by atoms with Crippen LogP contribution in [0.15, 0.2) is 138 Å². The summed E-state index contributed by atoms with van der Waals surface area (Å²) in [7, 11) is 0. The summed E-state index contributed by atoms with van der Waals surface area (Å²) in [6.07, 6.45) is 8.22. The van der Waals surface area contributed by atoms with Gasteiger partial charge in [-0.05, 0) is 80.8 Å². The number of hydrogen-bond acceptors (Lipinski definition) is 6. The van der Waals surface area contributed by atoms with Crippen molar-refractivity contribution in [2.75, 3.05) is 12.4 Å². The number of hydrogen-bond donors (Lipinski definition) is 1. The van der Waals surface area contributed by atoms with E-state index in [9.17, 15) is 19.2 Å². The molecule has 4 aromatic rings. The number of benzene rings is 3. The summed E-state index contributed by atoms with van der Waals surface area (Å²) in [5.74, 6) is -2.11. The predicted octanol–water partition coefficient (Wildman–Crippen LogP) is 7.66. The summed E-state index contributed by atoms with van der Waals surface area (Å²) >= 11 is 1.01. The van der Waals surface area contributed by atoms with Crippen molar-refractivity contribution in [2.24, 2.45) is 4.99 Å². The SMILES string of the molecule is C=C/C=C\C(=C/C)N1C(=O)/C(=C/c2cc(C)n(-c3cccc(C(=O)OCC)c3)c2C)C(=O)N=C1SCC(=O)NC(c1ccccc1)c1ccccc1. The van der Waals surface area contributed by atoms with Gasteiger partial charge in [-0.1, -0.05) is 103 Å². The number of aryl methyl sites for hydroxylation is 1. The van der Waals surface area contributed by atoms with Crippen LogP contribution in [0, 0.1) is 13.8 Å². The van der Waals surface area contributed by atoms with Crippen molar-refractivity contribution in [3.05, 3.63) is 167 Å². The first kappa shape index (κ1) is 37.3. The quantitative estimate of drug-likeness (QED) is 0.0699. The lowest BCUT2D eigenvalue weighted by Gasteiger charge is -2.28. The highest BCUT2D eigenvalue weighted by Crippen LogP contribution is 2.29. The fourth-order valence-electron chi connectivity index (χ4n) is 5.87. The molecule has 3 aromatic carbocycles. The number of carbonyl (C=O) groups is 4. The molecule has 0 aliphatic carbocycles. The van der Waals surface area contributed by atoms with Gasteiger partial charge in [0.05, 0.1) is 24.0 Å². The molecule has 0 fully saturated rings. The fourth-order valence-corrected chi connectivity index (χ4v) is 6.67. The van der Waals surface area contributed by atoms with Gasteiger partial charge in [-0.25, -0.2) is 4.79 Å². The number of thioether (sulfide) groups is 1. The Morgan fingerprint density at radius 2 is 1.63 bits per heavy atom. The molecule has 0 radical (unpaired) electrons. The van der Waals surface area contributed by atoms with Gasteiger partial charge in [0.2, 0.25) is 5.91 Å². The van der Waals surface area contributed by atoms with Crippen LogP contribution in [0.4, 0.5) is 0 Å². The van der Waals surface area contributed by atoms with E-state index in [1.54, 1.807) is 56.4 Å². The second-order valence-electron chi connectivity index (χ2n) is 11.7. The Labute approximate surface area is 308 Å². The zero-order valence-corrected chi connectivity index (χ0v) is 30.4. The van der Waals surface area contributed by atoms with Crippen LogP contribution in [0.1, 0.15) is 58.3 Å². The molecule has 1 aromatic heterocycles. The average Bonchev–Trinajstić information content (AvgIpc) is 3.44. The molecular weight excluding hydrogens is 673 g/mol. The maximum atomic E-state index is 14.2. The molecule has 1 N–H and O–H groups in total. The van der Waals surface area contributed by atoms with Crippen molar-refractivity contribution in [1.82, 2.24) is 14.8 Å². The summed E-state index contributed by atoms with van der Waals surface area (Å²) in [5, 5.41) is 3.19. The Kier molecular flexibility index (Phi) is 12.4. The topological polar surface area (TPSA) is 110 Å². The number of carbonyl (C=O) groups excluding carboxylic acids is 4. The van der Waals surface area contributed by atoms with E-state index in [1.165, 1.54) is 11.0 Å². The number of aromatic nitrogens is 1. The molecule has 0 atom stereocenters. The third kappa shape index (κ3) is 8.47. The zero-order valence-electron chi connectivity index (χ0n) is 29.5. The van der Waals surface area contributed by atoms with Crippen LogP contribution in [0.2, 0.25) is 0 Å². The monoisotopic (exact) mass is 712 g/mol. The van der Waals surface area contributed by atoms with Crippen molar-refractivity contribution in [3.8, 4) is 5.69 Å². The van der Waals surface area contributed by atoms with Gasteiger partial charge < -0.3 is 14.6 Å². The second kappa shape index (κ2) is 17.3. The van der Waals surface area contributed by atoms with Crippen molar-refractivity contribution in [3.63, 3.8) is 0 Å². The molecule has 1 aliphatic rings. The molecule has 10 heteroatoms. The summed E-state index contributed by atoms with van der Waals surface area (Å²) in [6.45, 7) is 11.3. The van der Waals surface area contributed by atoms with Crippen LogP contribution in [0.3, 0.4) is 0 Å². The minimum absolute atomic E-state index is 0.0846.